The molecule has 160 valence electrons. The zero-order valence-corrected chi connectivity index (χ0v) is 18.3. The number of likely N-dealkylation sites (tertiary alicyclic amines) is 1. The minimum atomic E-state index is -0.0938. The summed E-state index contributed by atoms with van der Waals surface area (Å²) in [6.45, 7) is 9.85. The van der Waals surface area contributed by atoms with E-state index >= 15 is 0 Å². The van der Waals surface area contributed by atoms with E-state index in [0.29, 0.717) is 12.5 Å². The van der Waals surface area contributed by atoms with Crippen LogP contribution in [0.1, 0.15) is 46.5 Å². The monoisotopic (exact) mass is 408 g/mol. The molecule has 30 heavy (non-hydrogen) atoms. The van der Waals surface area contributed by atoms with E-state index in [0.717, 1.165) is 43.5 Å². The molecule has 0 aromatic heterocycles. The number of hydrogen-bond acceptors (Lipinski definition) is 5. The normalized spacial score (nSPS) is 30.9. The highest BCUT2D eigenvalue weighted by molar-refractivity contribution is 5.97. The van der Waals surface area contributed by atoms with Gasteiger partial charge in [0.2, 0.25) is 5.91 Å². The van der Waals surface area contributed by atoms with Gasteiger partial charge in [0.05, 0.1) is 6.54 Å². The Kier molecular flexibility index (Phi) is 4.71. The largest absolute Gasteiger partial charge is 0.358 e. The molecule has 0 radical (unpaired) electrons. The number of carbonyl (C=O) groups is 1. The fourth-order valence-electron chi connectivity index (χ4n) is 4.79. The molecule has 4 heterocycles. The first-order valence-corrected chi connectivity index (χ1v) is 11.3. The lowest BCUT2D eigenvalue weighted by atomic mass is 9.94. The van der Waals surface area contributed by atoms with E-state index in [1.54, 1.807) is 0 Å². The molecule has 7 nitrogen and oxygen atoms in total. The summed E-state index contributed by atoms with van der Waals surface area (Å²) in [5.41, 5.74) is 1.18. The Morgan fingerprint density at radius 3 is 2.77 bits per heavy atom. The molecule has 2 atom stereocenters. The molecule has 1 amide bonds. The summed E-state index contributed by atoms with van der Waals surface area (Å²) in [4.78, 5) is 21.6. The van der Waals surface area contributed by atoms with Crippen molar-refractivity contribution in [3.8, 4) is 0 Å². The van der Waals surface area contributed by atoms with Crippen LogP contribution in [-0.4, -0.2) is 58.9 Å². The number of aliphatic imine (C=N–C) groups is 1. The van der Waals surface area contributed by atoms with Gasteiger partial charge in [-0.15, -0.1) is 0 Å². The lowest BCUT2D eigenvalue weighted by molar-refractivity contribution is -0.130. The van der Waals surface area contributed by atoms with E-state index in [-0.39, 0.29) is 17.2 Å². The Labute approximate surface area is 178 Å². The van der Waals surface area contributed by atoms with E-state index < -0.39 is 0 Å². The summed E-state index contributed by atoms with van der Waals surface area (Å²) in [5.74, 6) is 3.82. The molecule has 1 saturated carbocycles. The van der Waals surface area contributed by atoms with Crippen LogP contribution >= 0.6 is 0 Å². The van der Waals surface area contributed by atoms with Crippen LogP contribution in [-0.2, 0) is 4.79 Å². The summed E-state index contributed by atoms with van der Waals surface area (Å²) in [5, 5.41) is 10.2. The third kappa shape index (κ3) is 3.55. The molecular weight excluding hydrogens is 376 g/mol. The van der Waals surface area contributed by atoms with Gasteiger partial charge in [-0.1, -0.05) is 13.8 Å². The Morgan fingerprint density at radius 2 is 2.00 bits per heavy atom. The fraction of sp³-hybridized carbons (Fsp3) is 0.609. The second-order valence-corrected chi connectivity index (χ2v) is 9.56. The maximum atomic E-state index is 12.3. The molecule has 1 aliphatic carbocycles. The second-order valence-electron chi connectivity index (χ2n) is 9.56. The minimum absolute atomic E-state index is 0.0938. The molecule has 5 rings (SSSR count). The van der Waals surface area contributed by atoms with Crippen LogP contribution in [0.5, 0.6) is 0 Å². The number of amides is 1. The van der Waals surface area contributed by atoms with Gasteiger partial charge in [-0.05, 0) is 50.2 Å². The maximum Gasteiger partial charge on any atom is 0.230 e. The summed E-state index contributed by atoms with van der Waals surface area (Å²) in [6, 6.07) is 0. The van der Waals surface area contributed by atoms with Crippen molar-refractivity contribution in [3.63, 3.8) is 0 Å². The average Bonchev–Trinajstić information content (AvgIpc) is 3.54. The van der Waals surface area contributed by atoms with Crippen molar-refractivity contribution < 1.29 is 4.79 Å². The highest BCUT2D eigenvalue weighted by Crippen LogP contribution is 2.48. The fourth-order valence-corrected chi connectivity index (χ4v) is 4.79. The predicted molar refractivity (Wildman–Crippen MR) is 118 cm³/mol. The van der Waals surface area contributed by atoms with Gasteiger partial charge in [-0.3, -0.25) is 9.79 Å². The third-order valence-corrected chi connectivity index (χ3v) is 6.63. The van der Waals surface area contributed by atoms with E-state index in [2.05, 4.69) is 36.2 Å². The van der Waals surface area contributed by atoms with E-state index in [4.69, 9.17) is 10.1 Å². The molecule has 2 unspecified atom stereocenters. The summed E-state index contributed by atoms with van der Waals surface area (Å²) >= 11 is 0. The third-order valence-electron chi connectivity index (χ3n) is 6.63. The Hall–Kier alpha value is -2.57. The van der Waals surface area contributed by atoms with Gasteiger partial charge in [-0.25, -0.2) is 0 Å². The van der Waals surface area contributed by atoms with Gasteiger partial charge in [-0.2, -0.15) is 10.1 Å². The van der Waals surface area contributed by atoms with Crippen molar-refractivity contribution in [2.45, 2.75) is 46.5 Å². The van der Waals surface area contributed by atoms with Gasteiger partial charge in [0.25, 0.3) is 0 Å². The smallest absolute Gasteiger partial charge is 0.230 e. The first-order chi connectivity index (χ1) is 14.4. The van der Waals surface area contributed by atoms with E-state index in [1.807, 2.05) is 29.2 Å². The lowest BCUT2D eigenvalue weighted by Crippen LogP contribution is -2.46. The van der Waals surface area contributed by atoms with Crippen LogP contribution in [0, 0.1) is 17.3 Å². The van der Waals surface area contributed by atoms with Crippen molar-refractivity contribution in [1.29, 1.82) is 0 Å². The number of nitrogens with one attached hydrogen (secondary N) is 1. The molecule has 0 aromatic carbocycles. The minimum Gasteiger partial charge on any atom is -0.358 e. The topological polar surface area (TPSA) is 63.5 Å². The molecule has 5 aliphatic rings. The van der Waals surface area contributed by atoms with Gasteiger partial charge < -0.3 is 15.1 Å². The number of hydrogen-bond donors (Lipinski definition) is 1. The van der Waals surface area contributed by atoms with E-state index in [1.165, 1.54) is 24.8 Å². The Balaban J connectivity index is 1.44. The molecule has 4 aliphatic heterocycles. The van der Waals surface area contributed by atoms with Gasteiger partial charge in [0.1, 0.15) is 11.6 Å². The van der Waals surface area contributed by atoms with Crippen molar-refractivity contribution in [3.05, 3.63) is 35.6 Å². The Morgan fingerprint density at radius 1 is 1.20 bits per heavy atom. The second kappa shape index (κ2) is 7.29. The van der Waals surface area contributed by atoms with Crippen LogP contribution in [0.3, 0.4) is 0 Å². The number of carbonyl (C=O) groups excluding carboxylic acids is 1. The molecule has 2 fully saturated rings. The molecule has 0 bridgehead atoms. The van der Waals surface area contributed by atoms with Crippen molar-refractivity contribution in [2.24, 2.45) is 27.3 Å². The molecule has 0 spiro atoms. The predicted octanol–water partition coefficient (Wildman–Crippen LogP) is 2.87. The molecule has 0 aromatic rings. The zero-order chi connectivity index (χ0) is 20.9. The van der Waals surface area contributed by atoms with E-state index in [9.17, 15) is 4.79 Å². The van der Waals surface area contributed by atoms with Crippen LogP contribution in [0.15, 0.2) is 45.7 Å². The summed E-state index contributed by atoms with van der Waals surface area (Å²) < 4.78 is 0. The van der Waals surface area contributed by atoms with Crippen molar-refractivity contribution >= 4 is 18.0 Å². The van der Waals surface area contributed by atoms with Crippen LogP contribution in [0.25, 0.3) is 0 Å². The standard InChI is InChI=1S/C23H32N6O/c1-4-27-14-16(17-10-18(17)22(27)30)13-24-19-11-20(28-8-6-5-7-9-28)26-21-12-23(2,3)15-25-29(19)21/h11-12,14-15,17-18,26H,4-10,13H2,1-3H3. The number of fused-ring (bicyclic) bond motifs is 2. The first-order valence-electron chi connectivity index (χ1n) is 11.3. The number of hydrazone groups is 1. The van der Waals surface area contributed by atoms with Crippen molar-refractivity contribution in [2.75, 3.05) is 26.2 Å². The highest BCUT2D eigenvalue weighted by Gasteiger charge is 2.49. The SMILES string of the molecule is CCN1C=C(CN=C2C=C(N3CCCCC3)NC3=CC(C)(C)C=NN32)C2CC2C1=O. The zero-order valence-electron chi connectivity index (χ0n) is 18.3. The number of amidine groups is 1. The first kappa shape index (κ1) is 19.4. The number of piperidine rings is 1. The summed E-state index contributed by atoms with van der Waals surface area (Å²) in [7, 11) is 0. The number of allylic oxidation sites excluding steroid dienone is 1. The van der Waals surface area contributed by atoms with Gasteiger partial charge >= 0.3 is 0 Å². The van der Waals surface area contributed by atoms with Crippen LogP contribution < -0.4 is 5.32 Å². The highest BCUT2D eigenvalue weighted by atomic mass is 16.2. The molecule has 1 N–H and O–H groups in total. The molecule has 1 saturated heterocycles. The Bertz CT molecular complexity index is 889. The van der Waals surface area contributed by atoms with Crippen molar-refractivity contribution in [1.82, 2.24) is 20.1 Å². The number of rotatable bonds is 4. The summed E-state index contributed by atoms with van der Waals surface area (Å²) in [6.07, 6.45) is 13.1. The van der Waals surface area contributed by atoms with Crippen LogP contribution in [0.2, 0.25) is 0 Å². The van der Waals surface area contributed by atoms with Gasteiger partial charge in [0.15, 0.2) is 5.84 Å². The van der Waals surface area contributed by atoms with Gasteiger partial charge in [0, 0.05) is 49.5 Å². The average molecular weight is 409 g/mol. The van der Waals surface area contributed by atoms with Crippen LogP contribution in [0.4, 0.5) is 0 Å². The molecular formula is C23H32N6O. The maximum absolute atomic E-state index is 12.3. The lowest BCUT2D eigenvalue weighted by Gasteiger charge is -2.39. The number of nitrogens with zero attached hydrogens (tertiary/aromatic N) is 5. The molecule has 7 heteroatoms. The quantitative estimate of drug-likeness (QED) is 0.777.